The van der Waals surface area contributed by atoms with Crippen LogP contribution in [0.15, 0.2) is 178 Å². The van der Waals surface area contributed by atoms with Gasteiger partial charge in [-0.25, -0.2) is 9.59 Å². The van der Waals surface area contributed by atoms with Crippen LogP contribution in [0.1, 0.15) is 49.3 Å². The summed E-state index contributed by atoms with van der Waals surface area (Å²) in [7, 11) is 0. The van der Waals surface area contributed by atoms with Crippen LogP contribution in [0.4, 0.5) is 5.69 Å². The van der Waals surface area contributed by atoms with Gasteiger partial charge in [-0.05, 0) is 67.6 Å². The smallest absolute Gasteiger partial charge is 0.336 e. The van der Waals surface area contributed by atoms with Gasteiger partial charge in [0.1, 0.15) is 0 Å². The average Bonchev–Trinajstić information content (AvgIpc) is 3.30. The number of hydrogen-bond acceptors (Lipinski definition) is 11. The highest BCUT2D eigenvalue weighted by molar-refractivity contribution is 7.99. The number of non-ortho nitro benzene ring substituents is 1. The summed E-state index contributed by atoms with van der Waals surface area (Å²) in [6, 6.07) is 47.4. The Kier molecular flexibility index (Phi) is 20.5. The highest BCUT2D eigenvalue weighted by Gasteiger charge is 2.38. The number of carbonyl (C=O) groups excluding carboxylic acids is 2. The molecule has 0 radical (unpaired) electrons. The number of dihydropyridines is 1. The van der Waals surface area contributed by atoms with Crippen molar-refractivity contribution in [2.45, 2.75) is 55.5 Å². The van der Waals surface area contributed by atoms with Crippen LogP contribution in [0.2, 0.25) is 0 Å². The molecule has 1 aliphatic rings. The topological polar surface area (TPSA) is 114 Å². The Morgan fingerprint density at radius 2 is 1.03 bits per heavy atom. The summed E-state index contributed by atoms with van der Waals surface area (Å²) in [5, 5.41) is 15.2. The molecule has 5 aromatic rings. The van der Waals surface area contributed by atoms with E-state index < -0.39 is 22.8 Å². The predicted molar refractivity (Wildman–Crippen MR) is 261 cm³/mol. The molecule has 13 heteroatoms. The molecule has 64 heavy (non-hydrogen) atoms. The van der Waals surface area contributed by atoms with E-state index in [4.69, 9.17) is 9.47 Å². The van der Waals surface area contributed by atoms with Gasteiger partial charge >= 0.3 is 11.9 Å². The quantitative estimate of drug-likeness (QED) is 0.0210. The van der Waals surface area contributed by atoms with Crippen molar-refractivity contribution in [3.05, 3.63) is 195 Å². The molecule has 0 fully saturated rings. The number of halogens is 1. The van der Waals surface area contributed by atoms with Crippen molar-refractivity contribution in [1.82, 2.24) is 15.1 Å². The van der Waals surface area contributed by atoms with Crippen molar-refractivity contribution in [2.75, 3.05) is 50.9 Å². The fourth-order valence-electron chi connectivity index (χ4n) is 7.59. The van der Waals surface area contributed by atoms with E-state index in [0.717, 1.165) is 37.7 Å². The molecule has 1 heterocycles. The zero-order valence-electron chi connectivity index (χ0n) is 36.4. The zero-order chi connectivity index (χ0) is 44.2. The van der Waals surface area contributed by atoms with Gasteiger partial charge < -0.3 is 14.8 Å². The van der Waals surface area contributed by atoms with Gasteiger partial charge in [-0.3, -0.25) is 19.9 Å². The molecule has 0 saturated carbocycles. The lowest BCUT2D eigenvalue weighted by Crippen LogP contribution is -2.33. The maximum Gasteiger partial charge on any atom is 0.336 e. The van der Waals surface area contributed by atoms with Crippen LogP contribution < -0.4 is 5.32 Å². The molecular formula is C51H57ClN4O6S2. The number of nitro benzene ring substituents is 1. The Labute approximate surface area is 392 Å². The van der Waals surface area contributed by atoms with Gasteiger partial charge in [0.25, 0.3) is 5.69 Å². The molecule has 0 aromatic heterocycles. The number of allylic oxidation sites excluding steroid dienone is 2. The average molecular weight is 922 g/mol. The molecule has 0 amide bonds. The zero-order valence-corrected chi connectivity index (χ0v) is 38.9. The second-order valence-electron chi connectivity index (χ2n) is 15.3. The maximum atomic E-state index is 14.2. The van der Waals surface area contributed by atoms with Crippen molar-refractivity contribution < 1.29 is 24.0 Å². The standard InChI is InChI=1S/C51H56N4O6S2.ClH/c1-39-47(50(56)60-32-16-28-53(37-41-18-7-3-8-19-41)30-34-62-45-24-11-5-12-25-45)49(43-22-15-23-44(36-43)55(58)59)48(40(2)52-39)51(57)61-33-17-29-54(38-42-20-9-4-10-21-42)31-35-63-46-26-13-6-14-27-46;/h3-15,18-27,36,49,52H,16-17,28-35,37-38H2,1-2H3;1H. The van der Waals surface area contributed by atoms with Gasteiger partial charge in [-0.1, -0.05) is 109 Å². The van der Waals surface area contributed by atoms with E-state index in [1.54, 1.807) is 26.0 Å². The minimum Gasteiger partial charge on any atom is -0.462 e. The maximum absolute atomic E-state index is 14.2. The van der Waals surface area contributed by atoms with Gasteiger partial charge in [-0.15, -0.1) is 35.9 Å². The highest BCUT2D eigenvalue weighted by atomic mass is 35.5. The number of nitrogens with zero attached hydrogens (tertiary/aromatic N) is 3. The minimum atomic E-state index is -0.944. The number of nitrogens with one attached hydrogen (secondary N) is 1. The Balaban J connectivity index is 0.00000771. The van der Waals surface area contributed by atoms with Crippen molar-refractivity contribution in [2.24, 2.45) is 0 Å². The van der Waals surface area contributed by atoms with E-state index >= 15 is 0 Å². The minimum absolute atomic E-state index is 0. The fourth-order valence-corrected chi connectivity index (χ4v) is 9.46. The molecule has 0 bridgehead atoms. The van der Waals surface area contributed by atoms with Crippen molar-refractivity contribution in [1.29, 1.82) is 0 Å². The second-order valence-corrected chi connectivity index (χ2v) is 17.6. The van der Waals surface area contributed by atoms with Crippen LogP contribution in [0.3, 0.4) is 0 Å². The first-order valence-corrected chi connectivity index (χ1v) is 23.4. The van der Waals surface area contributed by atoms with E-state index in [1.807, 2.05) is 96.3 Å². The van der Waals surface area contributed by atoms with Gasteiger partial charge in [0.2, 0.25) is 0 Å². The van der Waals surface area contributed by atoms with Crippen LogP contribution in [0.25, 0.3) is 0 Å². The largest absolute Gasteiger partial charge is 0.462 e. The van der Waals surface area contributed by atoms with Crippen molar-refractivity contribution in [3.63, 3.8) is 0 Å². The Morgan fingerprint density at radius 3 is 1.45 bits per heavy atom. The first kappa shape index (κ1) is 49.6. The number of esters is 2. The van der Waals surface area contributed by atoms with E-state index in [2.05, 4.69) is 63.6 Å². The van der Waals surface area contributed by atoms with Gasteiger partial charge in [0.05, 0.1) is 35.2 Å². The Bertz CT molecular complexity index is 2170. The number of ether oxygens (including phenoxy) is 2. The number of hydrogen-bond donors (Lipinski definition) is 1. The van der Waals surface area contributed by atoms with Crippen molar-refractivity contribution >= 4 is 53.6 Å². The Morgan fingerprint density at radius 1 is 0.609 bits per heavy atom. The third-order valence-corrected chi connectivity index (χ3v) is 12.6. The highest BCUT2D eigenvalue weighted by Crippen LogP contribution is 2.40. The predicted octanol–water partition coefficient (Wildman–Crippen LogP) is 10.7. The molecular weight excluding hydrogens is 864 g/mol. The lowest BCUT2D eigenvalue weighted by atomic mass is 9.80. The Hall–Kier alpha value is -5.37. The molecule has 0 unspecified atom stereocenters. The molecule has 5 aromatic carbocycles. The summed E-state index contributed by atoms with van der Waals surface area (Å²) >= 11 is 3.62. The van der Waals surface area contributed by atoms with Crippen LogP contribution in [-0.4, -0.2) is 77.6 Å². The molecule has 0 spiro atoms. The van der Waals surface area contributed by atoms with Gasteiger partial charge in [-0.2, -0.15) is 0 Å². The normalized spacial score (nSPS) is 12.8. The van der Waals surface area contributed by atoms with Crippen LogP contribution in [0, 0.1) is 10.1 Å². The lowest BCUT2D eigenvalue weighted by molar-refractivity contribution is -0.384. The summed E-state index contributed by atoms with van der Waals surface area (Å²) in [6.45, 7) is 8.45. The molecule has 0 saturated heterocycles. The SMILES string of the molecule is CC1=C(C(=O)OCCCN(CCSc2ccccc2)Cc2ccccc2)C(c2cccc([N+](=O)[O-])c2)C(C(=O)OCCCN(CCSc2ccccc2)Cc2ccccc2)=C(C)N1.Cl. The first-order valence-electron chi connectivity index (χ1n) is 21.4. The van der Waals surface area contributed by atoms with Crippen molar-refractivity contribution in [3.8, 4) is 0 Å². The molecule has 0 aliphatic carbocycles. The third-order valence-electron chi connectivity index (χ3n) is 10.7. The van der Waals surface area contributed by atoms with Gasteiger partial charge in [0.15, 0.2) is 0 Å². The van der Waals surface area contributed by atoms with Crippen LogP contribution in [-0.2, 0) is 32.2 Å². The van der Waals surface area contributed by atoms with E-state index in [9.17, 15) is 19.7 Å². The molecule has 10 nitrogen and oxygen atoms in total. The lowest BCUT2D eigenvalue weighted by Gasteiger charge is -2.30. The molecule has 6 rings (SSSR count). The first-order chi connectivity index (χ1) is 30.7. The number of thioether (sulfide) groups is 2. The summed E-state index contributed by atoms with van der Waals surface area (Å²) in [5.41, 5.74) is 4.16. The van der Waals surface area contributed by atoms with E-state index in [-0.39, 0.29) is 42.5 Å². The summed E-state index contributed by atoms with van der Waals surface area (Å²) in [6.07, 6.45) is 1.18. The number of carbonyl (C=O) groups is 2. The number of benzene rings is 5. The van der Waals surface area contributed by atoms with E-state index in [0.29, 0.717) is 42.9 Å². The van der Waals surface area contributed by atoms with E-state index in [1.165, 1.54) is 33.1 Å². The molecule has 1 N–H and O–H groups in total. The summed E-state index contributed by atoms with van der Waals surface area (Å²) < 4.78 is 11.9. The molecule has 1 aliphatic heterocycles. The van der Waals surface area contributed by atoms with Crippen LogP contribution >= 0.6 is 35.9 Å². The molecule has 0 atom stereocenters. The number of nitro groups is 1. The fraction of sp³-hybridized carbons (Fsp3) is 0.294. The summed E-state index contributed by atoms with van der Waals surface area (Å²) in [5.74, 6) is -0.310. The monoisotopic (exact) mass is 920 g/mol. The molecule has 336 valence electrons. The third kappa shape index (κ3) is 15.4. The number of rotatable bonds is 24. The second kappa shape index (κ2) is 26.4. The van der Waals surface area contributed by atoms with Gasteiger partial charge in [0, 0.05) is 84.1 Å². The summed E-state index contributed by atoms with van der Waals surface area (Å²) in [4.78, 5) is 46.9. The van der Waals surface area contributed by atoms with Crippen LogP contribution in [0.5, 0.6) is 0 Å².